The zero-order valence-corrected chi connectivity index (χ0v) is 11.6. The lowest BCUT2D eigenvalue weighted by Crippen LogP contribution is -2.54. The highest BCUT2D eigenvalue weighted by Crippen LogP contribution is 2.25. The molecule has 0 saturated carbocycles. The van der Waals surface area contributed by atoms with Gasteiger partial charge < -0.3 is 10.6 Å². The molecular formula is C13H29N3. The lowest BCUT2D eigenvalue weighted by atomic mass is 9.86. The SMILES string of the molecule is CC1C(N)CCN(C(C)CCN(C)C)C1C. The third-order valence-electron chi connectivity index (χ3n) is 4.24. The fraction of sp³-hybridized carbons (Fsp3) is 1.00. The molecular weight excluding hydrogens is 198 g/mol. The second-order valence-corrected chi connectivity index (χ2v) is 5.73. The summed E-state index contributed by atoms with van der Waals surface area (Å²) < 4.78 is 0. The smallest absolute Gasteiger partial charge is 0.0110 e. The van der Waals surface area contributed by atoms with Crippen LogP contribution in [-0.4, -0.2) is 55.1 Å². The van der Waals surface area contributed by atoms with Crippen molar-refractivity contribution in [2.24, 2.45) is 11.7 Å². The molecule has 1 rings (SSSR count). The molecule has 96 valence electrons. The summed E-state index contributed by atoms with van der Waals surface area (Å²) in [6.45, 7) is 9.31. The Hall–Kier alpha value is -0.120. The fourth-order valence-corrected chi connectivity index (χ4v) is 2.66. The van der Waals surface area contributed by atoms with Crippen molar-refractivity contribution >= 4 is 0 Å². The average molecular weight is 227 g/mol. The second kappa shape index (κ2) is 5.99. The Morgan fingerprint density at radius 3 is 2.56 bits per heavy atom. The minimum Gasteiger partial charge on any atom is -0.327 e. The molecule has 0 aliphatic carbocycles. The lowest BCUT2D eigenvalue weighted by molar-refractivity contribution is 0.0569. The molecule has 0 bridgehead atoms. The van der Waals surface area contributed by atoms with E-state index in [1.165, 1.54) is 19.5 Å². The first-order valence-electron chi connectivity index (χ1n) is 6.59. The van der Waals surface area contributed by atoms with Gasteiger partial charge >= 0.3 is 0 Å². The van der Waals surface area contributed by atoms with Gasteiger partial charge in [0.25, 0.3) is 0 Å². The molecule has 0 radical (unpaired) electrons. The number of piperidine rings is 1. The second-order valence-electron chi connectivity index (χ2n) is 5.73. The largest absolute Gasteiger partial charge is 0.327 e. The van der Waals surface area contributed by atoms with Crippen molar-refractivity contribution in [1.29, 1.82) is 0 Å². The van der Waals surface area contributed by atoms with Crippen molar-refractivity contribution in [3.63, 3.8) is 0 Å². The summed E-state index contributed by atoms with van der Waals surface area (Å²) >= 11 is 0. The predicted molar refractivity (Wildman–Crippen MR) is 70.6 cm³/mol. The normalized spacial score (nSPS) is 34.3. The summed E-state index contributed by atoms with van der Waals surface area (Å²) in [7, 11) is 4.29. The van der Waals surface area contributed by atoms with Gasteiger partial charge in [0.1, 0.15) is 0 Å². The van der Waals surface area contributed by atoms with Gasteiger partial charge in [-0.15, -0.1) is 0 Å². The molecule has 0 spiro atoms. The Labute approximate surface area is 101 Å². The van der Waals surface area contributed by atoms with E-state index >= 15 is 0 Å². The minimum absolute atomic E-state index is 0.396. The van der Waals surface area contributed by atoms with Gasteiger partial charge in [0, 0.05) is 24.7 Å². The molecule has 0 aromatic rings. The van der Waals surface area contributed by atoms with Gasteiger partial charge in [0.15, 0.2) is 0 Å². The molecule has 1 fully saturated rings. The van der Waals surface area contributed by atoms with Crippen LogP contribution in [0.15, 0.2) is 0 Å². The minimum atomic E-state index is 0.396. The quantitative estimate of drug-likeness (QED) is 0.787. The van der Waals surface area contributed by atoms with Crippen LogP contribution in [0.3, 0.4) is 0 Å². The van der Waals surface area contributed by atoms with Gasteiger partial charge in [-0.1, -0.05) is 6.92 Å². The van der Waals surface area contributed by atoms with Gasteiger partial charge in [0.2, 0.25) is 0 Å². The van der Waals surface area contributed by atoms with Crippen LogP contribution in [0.5, 0.6) is 0 Å². The number of nitrogens with two attached hydrogens (primary N) is 1. The molecule has 1 aliphatic rings. The zero-order valence-electron chi connectivity index (χ0n) is 11.6. The standard InChI is InChI=1S/C13H29N3/c1-10(6-8-15(4)5)16-9-7-13(14)11(2)12(16)3/h10-13H,6-9,14H2,1-5H3. The summed E-state index contributed by atoms with van der Waals surface area (Å²) in [5.41, 5.74) is 6.12. The van der Waals surface area contributed by atoms with E-state index in [1.54, 1.807) is 0 Å². The molecule has 3 heteroatoms. The van der Waals surface area contributed by atoms with Crippen LogP contribution in [0.4, 0.5) is 0 Å². The van der Waals surface area contributed by atoms with Crippen LogP contribution >= 0.6 is 0 Å². The molecule has 3 nitrogen and oxygen atoms in total. The Morgan fingerprint density at radius 2 is 2.00 bits per heavy atom. The van der Waals surface area contributed by atoms with Crippen LogP contribution in [0, 0.1) is 5.92 Å². The van der Waals surface area contributed by atoms with E-state index in [0.29, 0.717) is 24.0 Å². The lowest BCUT2D eigenvalue weighted by Gasteiger charge is -2.44. The summed E-state index contributed by atoms with van der Waals surface area (Å²) in [5, 5.41) is 0. The Balaban J connectivity index is 2.46. The number of hydrogen-bond acceptors (Lipinski definition) is 3. The van der Waals surface area contributed by atoms with E-state index in [1.807, 2.05) is 0 Å². The third-order valence-corrected chi connectivity index (χ3v) is 4.24. The van der Waals surface area contributed by atoms with Crippen LogP contribution in [-0.2, 0) is 0 Å². The van der Waals surface area contributed by atoms with Gasteiger partial charge in [-0.3, -0.25) is 4.90 Å². The van der Waals surface area contributed by atoms with E-state index in [4.69, 9.17) is 5.73 Å². The first-order chi connectivity index (χ1) is 7.43. The summed E-state index contributed by atoms with van der Waals surface area (Å²) in [6.07, 6.45) is 2.40. The molecule has 16 heavy (non-hydrogen) atoms. The van der Waals surface area contributed by atoms with Crippen LogP contribution in [0.2, 0.25) is 0 Å². The molecule has 0 aromatic carbocycles. The number of rotatable bonds is 4. The molecule has 1 aliphatic heterocycles. The first-order valence-corrected chi connectivity index (χ1v) is 6.59. The van der Waals surface area contributed by atoms with E-state index in [-0.39, 0.29) is 0 Å². The molecule has 1 saturated heterocycles. The van der Waals surface area contributed by atoms with Crippen molar-refractivity contribution in [1.82, 2.24) is 9.80 Å². The molecule has 0 amide bonds. The van der Waals surface area contributed by atoms with E-state index in [0.717, 1.165) is 6.42 Å². The summed E-state index contributed by atoms with van der Waals surface area (Å²) in [4.78, 5) is 4.90. The predicted octanol–water partition coefficient (Wildman–Crippen LogP) is 1.38. The van der Waals surface area contributed by atoms with E-state index < -0.39 is 0 Å². The molecule has 4 unspecified atom stereocenters. The van der Waals surface area contributed by atoms with E-state index in [2.05, 4.69) is 44.7 Å². The highest BCUT2D eigenvalue weighted by Gasteiger charge is 2.32. The Kier molecular flexibility index (Phi) is 5.22. The van der Waals surface area contributed by atoms with Crippen molar-refractivity contribution in [3.05, 3.63) is 0 Å². The Morgan fingerprint density at radius 1 is 1.38 bits per heavy atom. The van der Waals surface area contributed by atoms with Crippen molar-refractivity contribution in [2.75, 3.05) is 27.2 Å². The first kappa shape index (κ1) is 13.9. The van der Waals surface area contributed by atoms with Gasteiger partial charge in [-0.05, 0) is 53.2 Å². The molecule has 0 aromatic heterocycles. The van der Waals surface area contributed by atoms with Crippen LogP contribution in [0.1, 0.15) is 33.6 Å². The number of likely N-dealkylation sites (tertiary alicyclic amines) is 1. The highest BCUT2D eigenvalue weighted by molar-refractivity contribution is 4.89. The maximum absolute atomic E-state index is 6.12. The topological polar surface area (TPSA) is 32.5 Å². The van der Waals surface area contributed by atoms with Crippen LogP contribution in [0.25, 0.3) is 0 Å². The number of nitrogens with zero attached hydrogens (tertiary/aromatic N) is 2. The van der Waals surface area contributed by atoms with Gasteiger partial charge in [-0.2, -0.15) is 0 Å². The van der Waals surface area contributed by atoms with Gasteiger partial charge in [-0.25, -0.2) is 0 Å². The van der Waals surface area contributed by atoms with Crippen molar-refractivity contribution in [3.8, 4) is 0 Å². The van der Waals surface area contributed by atoms with Gasteiger partial charge in [0.05, 0.1) is 0 Å². The maximum Gasteiger partial charge on any atom is 0.0110 e. The molecule has 1 heterocycles. The fourth-order valence-electron chi connectivity index (χ4n) is 2.66. The zero-order chi connectivity index (χ0) is 12.3. The molecule has 2 N–H and O–H groups in total. The highest BCUT2D eigenvalue weighted by atomic mass is 15.2. The monoisotopic (exact) mass is 227 g/mol. The van der Waals surface area contributed by atoms with Crippen LogP contribution < -0.4 is 5.73 Å². The van der Waals surface area contributed by atoms with Crippen molar-refractivity contribution in [2.45, 2.75) is 51.7 Å². The Bertz CT molecular complexity index is 205. The van der Waals surface area contributed by atoms with E-state index in [9.17, 15) is 0 Å². The summed E-state index contributed by atoms with van der Waals surface area (Å²) in [5.74, 6) is 0.621. The average Bonchev–Trinajstić information content (AvgIpc) is 2.23. The summed E-state index contributed by atoms with van der Waals surface area (Å²) in [6, 6.07) is 1.69. The molecule has 4 atom stereocenters. The number of hydrogen-bond donors (Lipinski definition) is 1. The third kappa shape index (κ3) is 3.44. The van der Waals surface area contributed by atoms with Crippen molar-refractivity contribution < 1.29 is 0 Å². The maximum atomic E-state index is 6.12.